The van der Waals surface area contributed by atoms with Crippen molar-refractivity contribution in [1.29, 1.82) is 0 Å². The smallest absolute Gasteiger partial charge is 0.220 e. The molecule has 0 bridgehead atoms. The third kappa shape index (κ3) is 6.64. The third-order valence-corrected chi connectivity index (χ3v) is 3.19. The van der Waals surface area contributed by atoms with Gasteiger partial charge in [-0.25, -0.2) is 0 Å². The second-order valence-corrected chi connectivity index (χ2v) is 5.70. The van der Waals surface area contributed by atoms with Crippen LogP contribution < -0.4 is 11.1 Å². The first-order valence-electron chi connectivity index (χ1n) is 6.72. The normalized spacial score (nSPS) is 16.3. The van der Waals surface area contributed by atoms with Crippen LogP contribution in [0.2, 0.25) is 0 Å². The summed E-state index contributed by atoms with van der Waals surface area (Å²) in [5.41, 5.74) is 5.59. The van der Waals surface area contributed by atoms with Gasteiger partial charge in [-0.3, -0.25) is 9.69 Å². The highest BCUT2D eigenvalue weighted by Crippen LogP contribution is 2.25. The Labute approximate surface area is 105 Å². The van der Waals surface area contributed by atoms with E-state index < -0.39 is 0 Å². The maximum Gasteiger partial charge on any atom is 0.220 e. The Morgan fingerprint density at radius 1 is 1.47 bits per heavy atom. The van der Waals surface area contributed by atoms with Gasteiger partial charge in [-0.05, 0) is 39.7 Å². The molecule has 1 fully saturated rings. The van der Waals surface area contributed by atoms with Crippen molar-refractivity contribution in [3.63, 3.8) is 0 Å². The summed E-state index contributed by atoms with van der Waals surface area (Å²) in [6.45, 7) is 8.89. The summed E-state index contributed by atoms with van der Waals surface area (Å²) >= 11 is 0. The van der Waals surface area contributed by atoms with E-state index in [2.05, 4.69) is 17.1 Å². The Morgan fingerprint density at radius 3 is 2.59 bits per heavy atom. The minimum atomic E-state index is -0.249. The van der Waals surface area contributed by atoms with E-state index in [0.717, 1.165) is 32.1 Å². The van der Waals surface area contributed by atoms with Crippen molar-refractivity contribution in [2.45, 2.75) is 58.0 Å². The Kier molecular flexibility index (Phi) is 5.40. The lowest BCUT2D eigenvalue weighted by atomic mass is 10.00. The van der Waals surface area contributed by atoms with Crippen molar-refractivity contribution >= 4 is 5.91 Å². The van der Waals surface area contributed by atoms with Crippen molar-refractivity contribution in [3.8, 4) is 0 Å². The summed E-state index contributed by atoms with van der Waals surface area (Å²) in [5.74, 6) is 0.121. The molecule has 0 unspecified atom stereocenters. The molecule has 0 aromatic carbocycles. The largest absolute Gasteiger partial charge is 0.355 e. The predicted octanol–water partition coefficient (Wildman–Crippen LogP) is 1.10. The van der Waals surface area contributed by atoms with Gasteiger partial charge in [-0.15, -0.1) is 0 Å². The van der Waals surface area contributed by atoms with Crippen LogP contribution in [0, 0.1) is 0 Å². The zero-order valence-corrected chi connectivity index (χ0v) is 11.5. The number of carbonyl (C=O) groups is 1. The molecular weight excluding hydrogens is 214 g/mol. The lowest BCUT2D eigenvalue weighted by molar-refractivity contribution is -0.121. The number of likely N-dealkylation sites (N-methyl/N-ethyl adjacent to an activating group) is 1. The molecular formula is C13H27N3O. The van der Waals surface area contributed by atoms with Crippen LogP contribution in [0.1, 0.15) is 46.5 Å². The molecule has 17 heavy (non-hydrogen) atoms. The molecule has 0 atom stereocenters. The van der Waals surface area contributed by atoms with E-state index in [0.29, 0.717) is 6.42 Å². The molecule has 1 aliphatic carbocycles. The van der Waals surface area contributed by atoms with Gasteiger partial charge in [0.1, 0.15) is 0 Å². The van der Waals surface area contributed by atoms with Crippen LogP contribution in [0.25, 0.3) is 0 Å². The summed E-state index contributed by atoms with van der Waals surface area (Å²) < 4.78 is 0. The summed E-state index contributed by atoms with van der Waals surface area (Å²) in [7, 11) is 0. The molecule has 0 radical (unpaired) electrons. The van der Waals surface area contributed by atoms with Gasteiger partial charge >= 0.3 is 0 Å². The monoisotopic (exact) mass is 241 g/mol. The minimum Gasteiger partial charge on any atom is -0.355 e. The van der Waals surface area contributed by atoms with Gasteiger partial charge in [-0.1, -0.05) is 6.92 Å². The van der Waals surface area contributed by atoms with Crippen LogP contribution in [0.15, 0.2) is 0 Å². The average molecular weight is 241 g/mol. The van der Waals surface area contributed by atoms with Crippen LogP contribution >= 0.6 is 0 Å². The Bertz CT molecular complexity index is 244. The van der Waals surface area contributed by atoms with Crippen LogP contribution in [0.3, 0.4) is 0 Å². The molecule has 0 aliphatic heterocycles. The van der Waals surface area contributed by atoms with Crippen LogP contribution in [-0.2, 0) is 4.79 Å². The van der Waals surface area contributed by atoms with Gasteiger partial charge in [0.15, 0.2) is 0 Å². The fourth-order valence-electron chi connectivity index (χ4n) is 1.90. The lowest BCUT2D eigenvalue weighted by Crippen LogP contribution is -2.38. The first kappa shape index (κ1) is 14.5. The molecule has 4 nitrogen and oxygen atoms in total. The maximum absolute atomic E-state index is 11.6. The Morgan fingerprint density at radius 2 is 2.12 bits per heavy atom. The summed E-state index contributed by atoms with van der Waals surface area (Å²) in [6.07, 6.45) is 3.91. The molecule has 1 rings (SSSR count). The van der Waals surface area contributed by atoms with E-state index in [4.69, 9.17) is 5.73 Å². The third-order valence-electron chi connectivity index (χ3n) is 3.19. The zero-order valence-electron chi connectivity index (χ0n) is 11.5. The first-order valence-corrected chi connectivity index (χ1v) is 6.72. The minimum absolute atomic E-state index is 0.121. The number of nitrogens with one attached hydrogen (secondary N) is 1. The van der Waals surface area contributed by atoms with Crippen molar-refractivity contribution in [3.05, 3.63) is 0 Å². The average Bonchev–Trinajstić information content (AvgIpc) is 3.04. The summed E-state index contributed by atoms with van der Waals surface area (Å²) in [4.78, 5) is 14.0. The van der Waals surface area contributed by atoms with Crippen LogP contribution in [0.4, 0.5) is 0 Å². The van der Waals surface area contributed by atoms with Crippen molar-refractivity contribution in [2.75, 3.05) is 19.6 Å². The molecule has 1 saturated carbocycles. The van der Waals surface area contributed by atoms with Crippen LogP contribution in [0.5, 0.6) is 0 Å². The first-order chi connectivity index (χ1) is 7.92. The molecule has 3 N–H and O–H groups in total. The number of hydrogen-bond donors (Lipinski definition) is 2. The van der Waals surface area contributed by atoms with Crippen LogP contribution in [-0.4, -0.2) is 42.0 Å². The van der Waals surface area contributed by atoms with Crippen molar-refractivity contribution in [1.82, 2.24) is 10.2 Å². The van der Waals surface area contributed by atoms with E-state index in [1.54, 1.807) is 0 Å². The Hall–Kier alpha value is -0.610. The van der Waals surface area contributed by atoms with E-state index in [9.17, 15) is 4.79 Å². The Balaban J connectivity index is 2.07. The highest BCUT2D eigenvalue weighted by Gasteiger charge is 2.27. The maximum atomic E-state index is 11.6. The topological polar surface area (TPSA) is 58.4 Å². The van der Waals surface area contributed by atoms with Gasteiger partial charge in [0.25, 0.3) is 0 Å². The molecule has 0 aromatic heterocycles. The lowest BCUT2D eigenvalue weighted by Gasteiger charge is -2.20. The number of rotatable bonds is 8. The quantitative estimate of drug-likeness (QED) is 0.669. The molecule has 0 saturated heterocycles. The van der Waals surface area contributed by atoms with Crippen molar-refractivity contribution in [2.24, 2.45) is 5.73 Å². The molecule has 1 aliphatic rings. The van der Waals surface area contributed by atoms with E-state index in [1.807, 2.05) is 13.8 Å². The SMILES string of the molecule is CCN(CCNC(=O)CCC(C)(C)N)C1CC1. The second-order valence-electron chi connectivity index (χ2n) is 5.70. The molecule has 0 heterocycles. The fourth-order valence-corrected chi connectivity index (χ4v) is 1.90. The molecule has 0 aromatic rings. The van der Waals surface area contributed by atoms with Gasteiger partial charge in [0, 0.05) is 31.1 Å². The standard InChI is InChI=1S/C13H27N3O/c1-4-16(11-5-6-11)10-9-15-12(17)7-8-13(2,3)14/h11H,4-10,14H2,1-3H3,(H,15,17). The van der Waals surface area contributed by atoms with Gasteiger partial charge < -0.3 is 11.1 Å². The molecule has 100 valence electrons. The number of hydrogen-bond acceptors (Lipinski definition) is 3. The highest BCUT2D eigenvalue weighted by molar-refractivity contribution is 5.75. The van der Waals surface area contributed by atoms with E-state index in [-0.39, 0.29) is 11.4 Å². The fraction of sp³-hybridized carbons (Fsp3) is 0.923. The summed E-state index contributed by atoms with van der Waals surface area (Å²) in [6, 6.07) is 0.778. The number of carbonyl (C=O) groups excluding carboxylic acids is 1. The van der Waals surface area contributed by atoms with Gasteiger partial charge in [-0.2, -0.15) is 0 Å². The van der Waals surface area contributed by atoms with E-state index >= 15 is 0 Å². The number of nitrogens with two attached hydrogens (primary N) is 1. The zero-order chi connectivity index (χ0) is 12.9. The summed E-state index contributed by atoms with van der Waals surface area (Å²) in [5, 5.41) is 2.97. The number of nitrogens with zero attached hydrogens (tertiary/aromatic N) is 1. The van der Waals surface area contributed by atoms with Crippen molar-refractivity contribution < 1.29 is 4.79 Å². The van der Waals surface area contributed by atoms with Gasteiger partial charge in [0.2, 0.25) is 5.91 Å². The highest BCUT2D eigenvalue weighted by atomic mass is 16.1. The van der Waals surface area contributed by atoms with Gasteiger partial charge in [0.05, 0.1) is 0 Å². The molecule has 4 heteroatoms. The molecule has 1 amide bonds. The van der Waals surface area contributed by atoms with E-state index in [1.165, 1.54) is 12.8 Å². The predicted molar refractivity (Wildman–Crippen MR) is 70.8 cm³/mol. The molecule has 0 spiro atoms. The second kappa shape index (κ2) is 6.36. The number of amides is 1.